The van der Waals surface area contributed by atoms with Gasteiger partial charge in [-0.3, -0.25) is 4.90 Å². The molecule has 0 aliphatic carbocycles. The van der Waals surface area contributed by atoms with E-state index in [0.717, 1.165) is 8.81 Å². The zero-order valence-corrected chi connectivity index (χ0v) is 14.7. The molecule has 1 heterocycles. The van der Waals surface area contributed by atoms with Crippen molar-refractivity contribution in [1.29, 1.82) is 0 Å². The van der Waals surface area contributed by atoms with Gasteiger partial charge < -0.3 is 5.73 Å². The van der Waals surface area contributed by atoms with Crippen LogP contribution in [-0.4, -0.2) is 18.5 Å². The van der Waals surface area contributed by atoms with Crippen molar-refractivity contribution in [2.24, 2.45) is 5.73 Å². The highest BCUT2D eigenvalue weighted by Crippen LogP contribution is 2.34. The van der Waals surface area contributed by atoms with Gasteiger partial charge in [0.05, 0.1) is 9.83 Å². The van der Waals surface area contributed by atoms with Crippen LogP contribution in [0.3, 0.4) is 0 Å². The molecular formula is C15H18BrClN2S. The van der Waals surface area contributed by atoms with Crippen LogP contribution in [0.25, 0.3) is 0 Å². The molecule has 5 heteroatoms. The number of nitrogens with zero attached hydrogens (tertiary/aromatic N) is 1. The Kier molecular flexibility index (Phi) is 5.64. The van der Waals surface area contributed by atoms with E-state index in [1.165, 1.54) is 10.4 Å². The monoisotopic (exact) mass is 372 g/mol. The molecule has 0 bridgehead atoms. The summed E-state index contributed by atoms with van der Waals surface area (Å²) in [7, 11) is 2.12. The van der Waals surface area contributed by atoms with Crippen LogP contribution >= 0.6 is 38.9 Å². The van der Waals surface area contributed by atoms with E-state index in [2.05, 4.69) is 59.1 Å². The van der Waals surface area contributed by atoms with Crippen LogP contribution in [0, 0.1) is 0 Å². The minimum Gasteiger partial charge on any atom is -0.329 e. The second-order valence-electron chi connectivity index (χ2n) is 4.79. The lowest BCUT2D eigenvalue weighted by molar-refractivity contribution is 0.193. The molecule has 0 spiro atoms. The first-order chi connectivity index (χ1) is 9.52. The van der Waals surface area contributed by atoms with Crippen LogP contribution in [0.5, 0.6) is 0 Å². The second-order valence-corrected chi connectivity index (χ2v) is 7.72. The van der Waals surface area contributed by atoms with Gasteiger partial charge in [-0.25, -0.2) is 0 Å². The molecule has 20 heavy (non-hydrogen) atoms. The molecule has 0 radical (unpaired) electrons. The molecule has 1 aromatic heterocycles. The molecule has 2 N–H and O–H groups in total. The third-order valence-electron chi connectivity index (χ3n) is 3.60. The van der Waals surface area contributed by atoms with Crippen molar-refractivity contribution >= 4 is 38.9 Å². The van der Waals surface area contributed by atoms with Crippen molar-refractivity contribution in [1.82, 2.24) is 4.90 Å². The molecule has 0 saturated heterocycles. The molecule has 108 valence electrons. The average molecular weight is 374 g/mol. The normalized spacial score (nSPS) is 14.5. The lowest BCUT2D eigenvalue weighted by Crippen LogP contribution is -2.32. The van der Waals surface area contributed by atoms with E-state index in [0.29, 0.717) is 6.54 Å². The Morgan fingerprint density at radius 3 is 2.40 bits per heavy atom. The van der Waals surface area contributed by atoms with Crippen LogP contribution in [0.1, 0.15) is 29.4 Å². The fraction of sp³-hybridized carbons (Fsp3) is 0.333. The third kappa shape index (κ3) is 3.62. The Bertz CT molecular complexity index is 555. The molecule has 0 saturated carbocycles. The molecule has 0 aliphatic rings. The predicted molar refractivity (Wildman–Crippen MR) is 91.4 cm³/mol. The minimum absolute atomic E-state index is 0.219. The lowest BCUT2D eigenvalue weighted by Gasteiger charge is -2.32. The number of hydrogen-bond donors (Lipinski definition) is 1. The van der Waals surface area contributed by atoms with Crippen LogP contribution < -0.4 is 5.73 Å². The first-order valence-electron chi connectivity index (χ1n) is 6.45. The fourth-order valence-corrected chi connectivity index (χ4v) is 3.95. The van der Waals surface area contributed by atoms with Gasteiger partial charge in [0, 0.05) is 22.5 Å². The van der Waals surface area contributed by atoms with Crippen molar-refractivity contribution in [2.75, 3.05) is 13.6 Å². The van der Waals surface area contributed by atoms with Crippen molar-refractivity contribution in [2.45, 2.75) is 19.0 Å². The van der Waals surface area contributed by atoms with Gasteiger partial charge in [0.25, 0.3) is 0 Å². The van der Waals surface area contributed by atoms with Gasteiger partial charge in [0.15, 0.2) is 0 Å². The predicted octanol–water partition coefficient (Wildman–Crippen LogP) is 4.86. The van der Waals surface area contributed by atoms with E-state index >= 15 is 0 Å². The molecule has 1 aromatic carbocycles. The standard InChI is InChI=1S/C15H18BrClN2S/c1-10(11-3-5-12(17)6-4-11)19(2)13(9-18)14-7-8-15(16)20-14/h3-8,10,13H,9,18H2,1-2H3. The summed E-state index contributed by atoms with van der Waals surface area (Å²) in [5.74, 6) is 0. The Morgan fingerprint density at radius 1 is 1.25 bits per heavy atom. The van der Waals surface area contributed by atoms with Gasteiger partial charge in [0.1, 0.15) is 0 Å². The number of halogens is 2. The molecule has 0 aliphatic heterocycles. The second kappa shape index (κ2) is 7.05. The van der Waals surface area contributed by atoms with Crippen molar-refractivity contribution < 1.29 is 0 Å². The molecule has 2 rings (SSSR count). The molecule has 0 amide bonds. The SMILES string of the molecule is CC(c1ccc(Cl)cc1)N(C)C(CN)c1ccc(Br)s1. The Morgan fingerprint density at radius 2 is 1.90 bits per heavy atom. The lowest BCUT2D eigenvalue weighted by atomic mass is 10.0. The number of rotatable bonds is 5. The molecular weight excluding hydrogens is 356 g/mol. The summed E-state index contributed by atoms with van der Waals surface area (Å²) in [5.41, 5.74) is 7.23. The van der Waals surface area contributed by atoms with Gasteiger partial charge in [-0.05, 0) is 59.7 Å². The first kappa shape index (κ1) is 16.0. The zero-order chi connectivity index (χ0) is 14.7. The highest BCUT2D eigenvalue weighted by molar-refractivity contribution is 9.11. The Balaban J connectivity index is 2.19. The molecule has 2 atom stereocenters. The molecule has 0 fully saturated rings. The number of hydrogen-bond acceptors (Lipinski definition) is 3. The van der Waals surface area contributed by atoms with Gasteiger partial charge in [-0.15, -0.1) is 11.3 Å². The highest BCUT2D eigenvalue weighted by atomic mass is 79.9. The van der Waals surface area contributed by atoms with E-state index in [4.69, 9.17) is 17.3 Å². The zero-order valence-electron chi connectivity index (χ0n) is 11.5. The fourth-order valence-electron chi connectivity index (χ4n) is 2.24. The first-order valence-corrected chi connectivity index (χ1v) is 8.44. The summed E-state index contributed by atoms with van der Waals surface area (Å²) in [5, 5.41) is 0.765. The Hall–Kier alpha value is -0.390. The largest absolute Gasteiger partial charge is 0.329 e. The number of thiophene rings is 1. The van der Waals surface area contributed by atoms with Crippen molar-refractivity contribution in [3.8, 4) is 0 Å². The maximum atomic E-state index is 5.98. The summed E-state index contributed by atoms with van der Waals surface area (Å²) in [4.78, 5) is 3.59. The van der Waals surface area contributed by atoms with Gasteiger partial charge >= 0.3 is 0 Å². The van der Waals surface area contributed by atoms with Gasteiger partial charge in [-0.2, -0.15) is 0 Å². The van der Waals surface area contributed by atoms with E-state index in [1.807, 2.05) is 12.1 Å². The van der Waals surface area contributed by atoms with Crippen LogP contribution in [-0.2, 0) is 0 Å². The van der Waals surface area contributed by atoms with Crippen molar-refractivity contribution in [3.63, 3.8) is 0 Å². The highest BCUT2D eigenvalue weighted by Gasteiger charge is 2.22. The van der Waals surface area contributed by atoms with Crippen LogP contribution in [0.15, 0.2) is 40.2 Å². The van der Waals surface area contributed by atoms with Crippen LogP contribution in [0.4, 0.5) is 0 Å². The van der Waals surface area contributed by atoms with Crippen LogP contribution in [0.2, 0.25) is 5.02 Å². The Labute approximate surface area is 137 Å². The smallest absolute Gasteiger partial charge is 0.0702 e. The number of likely N-dealkylation sites (N-methyl/N-ethyl adjacent to an activating group) is 1. The van der Waals surface area contributed by atoms with E-state index in [-0.39, 0.29) is 12.1 Å². The summed E-state index contributed by atoms with van der Waals surface area (Å²) >= 11 is 11.2. The quantitative estimate of drug-likeness (QED) is 0.811. The summed E-state index contributed by atoms with van der Waals surface area (Å²) in [6, 6.07) is 12.7. The maximum Gasteiger partial charge on any atom is 0.0702 e. The number of benzene rings is 1. The maximum absolute atomic E-state index is 5.98. The molecule has 2 nitrogen and oxygen atoms in total. The topological polar surface area (TPSA) is 29.3 Å². The van der Waals surface area contributed by atoms with E-state index in [9.17, 15) is 0 Å². The minimum atomic E-state index is 0.219. The summed E-state index contributed by atoms with van der Waals surface area (Å²) < 4.78 is 1.14. The average Bonchev–Trinajstić information content (AvgIpc) is 2.86. The van der Waals surface area contributed by atoms with E-state index < -0.39 is 0 Å². The molecule has 2 aromatic rings. The number of nitrogens with two attached hydrogens (primary N) is 1. The third-order valence-corrected chi connectivity index (χ3v) is 5.58. The van der Waals surface area contributed by atoms with E-state index in [1.54, 1.807) is 11.3 Å². The van der Waals surface area contributed by atoms with Gasteiger partial charge in [-0.1, -0.05) is 23.7 Å². The van der Waals surface area contributed by atoms with Gasteiger partial charge in [0.2, 0.25) is 0 Å². The summed E-state index contributed by atoms with van der Waals surface area (Å²) in [6.07, 6.45) is 0. The summed E-state index contributed by atoms with van der Waals surface area (Å²) in [6.45, 7) is 2.79. The molecule has 2 unspecified atom stereocenters. The van der Waals surface area contributed by atoms with Crippen molar-refractivity contribution in [3.05, 3.63) is 55.6 Å².